The summed E-state index contributed by atoms with van der Waals surface area (Å²) in [5.41, 5.74) is 2.83. The minimum absolute atomic E-state index is 0.0251. The first-order valence-corrected chi connectivity index (χ1v) is 10.8. The van der Waals surface area contributed by atoms with Crippen LogP contribution < -0.4 is 5.32 Å². The van der Waals surface area contributed by atoms with Crippen molar-refractivity contribution in [2.24, 2.45) is 11.8 Å². The van der Waals surface area contributed by atoms with Crippen LogP contribution in [0.5, 0.6) is 0 Å². The predicted molar refractivity (Wildman–Crippen MR) is 115 cm³/mol. The normalized spacial score (nSPS) is 15.5. The highest BCUT2D eigenvalue weighted by molar-refractivity contribution is 6.01. The highest BCUT2D eigenvalue weighted by Gasteiger charge is 2.28. The Kier molecular flexibility index (Phi) is 7.45. The minimum atomic E-state index is -0.193. The molecule has 2 atom stereocenters. The summed E-state index contributed by atoms with van der Waals surface area (Å²) in [5.74, 6) is -0.123. The van der Waals surface area contributed by atoms with Crippen LogP contribution in [0, 0.1) is 11.8 Å². The van der Waals surface area contributed by atoms with Crippen LogP contribution in [0.1, 0.15) is 71.8 Å². The molecule has 30 heavy (non-hydrogen) atoms. The van der Waals surface area contributed by atoms with E-state index in [1.807, 2.05) is 55.7 Å². The molecule has 0 bridgehead atoms. The van der Waals surface area contributed by atoms with Crippen molar-refractivity contribution < 1.29 is 19.4 Å². The van der Waals surface area contributed by atoms with Crippen LogP contribution in [-0.4, -0.2) is 34.6 Å². The van der Waals surface area contributed by atoms with Gasteiger partial charge in [-0.25, -0.2) is 0 Å². The molecule has 3 rings (SSSR count). The molecule has 1 aromatic carbocycles. The molecule has 6 nitrogen and oxygen atoms in total. The van der Waals surface area contributed by atoms with E-state index in [4.69, 9.17) is 4.74 Å². The first kappa shape index (κ1) is 22.2. The quantitative estimate of drug-likeness (QED) is 0.615. The highest BCUT2D eigenvalue weighted by atomic mass is 16.5. The van der Waals surface area contributed by atoms with Gasteiger partial charge in [0, 0.05) is 19.6 Å². The number of benzene rings is 1. The lowest BCUT2D eigenvalue weighted by Gasteiger charge is -2.21. The van der Waals surface area contributed by atoms with E-state index < -0.39 is 0 Å². The van der Waals surface area contributed by atoms with Gasteiger partial charge in [-0.2, -0.15) is 0 Å². The van der Waals surface area contributed by atoms with Crippen molar-refractivity contribution in [1.82, 2.24) is 9.88 Å². The predicted octanol–water partition coefficient (Wildman–Crippen LogP) is 3.74. The van der Waals surface area contributed by atoms with Gasteiger partial charge in [0.2, 0.25) is 0 Å². The molecule has 1 amide bonds. The third-order valence-corrected chi connectivity index (χ3v) is 5.98. The van der Waals surface area contributed by atoms with Crippen molar-refractivity contribution in [2.45, 2.75) is 52.8 Å². The number of aromatic nitrogens is 1. The molecule has 0 unspecified atom stereocenters. The first-order chi connectivity index (χ1) is 14.5. The first-order valence-electron chi connectivity index (χ1n) is 10.8. The van der Waals surface area contributed by atoms with Crippen LogP contribution in [0.25, 0.3) is 0 Å². The number of carbonyl (C=O) groups is 2. The Balaban J connectivity index is 1.86. The van der Waals surface area contributed by atoms with Crippen molar-refractivity contribution in [3.63, 3.8) is 0 Å². The number of carbonyl (C=O) groups excluding carboxylic acids is 2. The maximum absolute atomic E-state index is 13.2. The number of nitrogens with zero attached hydrogens (tertiary/aromatic N) is 1. The largest absolute Gasteiger partial charge is 0.396 e. The van der Waals surface area contributed by atoms with Gasteiger partial charge in [0.25, 0.3) is 5.91 Å². The van der Waals surface area contributed by atoms with Gasteiger partial charge in [0.15, 0.2) is 5.78 Å². The van der Waals surface area contributed by atoms with E-state index in [0.29, 0.717) is 31.0 Å². The maximum Gasteiger partial charge on any atom is 0.253 e. The van der Waals surface area contributed by atoms with Crippen LogP contribution in [0.15, 0.2) is 36.4 Å². The summed E-state index contributed by atoms with van der Waals surface area (Å²) in [7, 11) is 0. The van der Waals surface area contributed by atoms with Gasteiger partial charge >= 0.3 is 0 Å². The Labute approximate surface area is 178 Å². The highest BCUT2D eigenvalue weighted by Crippen LogP contribution is 2.26. The number of Topliss-reactive ketones (excluding diaryl/α,β-unsaturated/α-hetero) is 1. The Morgan fingerprint density at radius 1 is 1.23 bits per heavy atom. The molecular formula is C24H32N2O4. The van der Waals surface area contributed by atoms with E-state index in [1.165, 1.54) is 0 Å². The average Bonchev–Trinajstić information content (AvgIpc) is 3.16. The summed E-state index contributed by atoms with van der Waals surface area (Å²) in [5, 5.41) is 12.7. The lowest BCUT2D eigenvalue weighted by Crippen LogP contribution is -2.29. The third kappa shape index (κ3) is 4.82. The second-order valence-electron chi connectivity index (χ2n) is 8.25. The van der Waals surface area contributed by atoms with Crippen molar-refractivity contribution >= 4 is 11.7 Å². The standard InChI is InChI=1S/C24H32N2O4/c1-4-20(17-8-6-5-7-9-17)25-24(29)19-13-21(26-10-11-30-15-22(19)26)23(28)12-18(14-27)16(2)3/h5-9,13,16,18,20,27H,4,10-12,14-15H2,1-3H3,(H,25,29)/t18-,20-/m1/s1. The van der Waals surface area contributed by atoms with Crippen LogP contribution >= 0.6 is 0 Å². The van der Waals surface area contributed by atoms with Gasteiger partial charge in [-0.05, 0) is 29.9 Å². The number of ketones is 1. The van der Waals surface area contributed by atoms with Crippen LogP contribution in [0.4, 0.5) is 0 Å². The molecule has 2 N–H and O–H groups in total. The fourth-order valence-electron chi connectivity index (χ4n) is 3.95. The topological polar surface area (TPSA) is 80.6 Å². The SMILES string of the molecule is CC[C@@H](NC(=O)c1cc(C(=O)C[C@H](CO)C(C)C)n2c1COCC2)c1ccccc1. The number of hydrogen-bond donors (Lipinski definition) is 2. The molecule has 0 spiro atoms. The number of hydrogen-bond acceptors (Lipinski definition) is 4. The molecule has 2 heterocycles. The van der Waals surface area contributed by atoms with E-state index >= 15 is 0 Å². The van der Waals surface area contributed by atoms with E-state index in [1.54, 1.807) is 6.07 Å². The number of nitrogens with one attached hydrogen (secondary N) is 1. The molecule has 0 fully saturated rings. The van der Waals surface area contributed by atoms with Crippen molar-refractivity contribution in [3.8, 4) is 0 Å². The van der Waals surface area contributed by atoms with Crippen molar-refractivity contribution in [1.29, 1.82) is 0 Å². The maximum atomic E-state index is 13.2. The summed E-state index contributed by atoms with van der Waals surface area (Å²) in [4.78, 5) is 26.2. The summed E-state index contributed by atoms with van der Waals surface area (Å²) in [6, 6.07) is 11.5. The Morgan fingerprint density at radius 2 is 1.97 bits per heavy atom. The van der Waals surface area contributed by atoms with Gasteiger partial charge in [-0.3, -0.25) is 9.59 Å². The molecule has 2 aromatic rings. The van der Waals surface area contributed by atoms with Gasteiger partial charge in [-0.15, -0.1) is 0 Å². The molecular weight excluding hydrogens is 380 g/mol. The second kappa shape index (κ2) is 10.0. The molecule has 0 saturated carbocycles. The van der Waals surface area contributed by atoms with E-state index in [-0.39, 0.29) is 42.6 Å². The Hall–Kier alpha value is -2.44. The molecule has 1 aliphatic rings. The zero-order valence-corrected chi connectivity index (χ0v) is 18.1. The number of rotatable bonds is 9. The Morgan fingerprint density at radius 3 is 2.60 bits per heavy atom. The third-order valence-electron chi connectivity index (χ3n) is 5.98. The molecule has 6 heteroatoms. The summed E-state index contributed by atoms with van der Waals surface area (Å²) >= 11 is 0. The van der Waals surface area contributed by atoms with Crippen LogP contribution in [-0.2, 0) is 17.9 Å². The zero-order chi connectivity index (χ0) is 21.7. The van der Waals surface area contributed by atoms with Crippen molar-refractivity contribution in [3.05, 3.63) is 58.9 Å². The van der Waals surface area contributed by atoms with E-state index in [9.17, 15) is 14.7 Å². The number of amides is 1. The Bertz CT molecular complexity index is 873. The molecule has 0 saturated heterocycles. The number of fused-ring (bicyclic) bond motifs is 1. The lowest BCUT2D eigenvalue weighted by molar-refractivity contribution is 0.0768. The van der Waals surface area contributed by atoms with Crippen LogP contribution in [0.3, 0.4) is 0 Å². The van der Waals surface area contributed by atoms with Crippen LogP contribution in [0.2, 0.25) is 0 Å². The fraction of sp³-hybridized carbons (Fsp3) is 0.500. The fourth-order valence-corrected chi connectivity index (χ4v) is 3.95. The lowest BCUT2D eigenvalue weighted by atomic mass is 9.91. The zero-order valence-electron chi connectivity index (χ0n) is 18.1. The monoisotopic (exact) mass is 412 g/mol. The summed E-state index contributed by atoms with van der Waals surface area (Å²) in [6.45, 7) is 7.38. The van der Waals surface area contributed by atoms with Gasteiger partial charge in [0.05, 0.1) is 36.2 Å². The number of ether oxygens (including phenoxy) is 1. The van der Waals surface area contributed by atoms with Crippen molar-refractivity contribution in [2.75, 3.05) is 13.2 Å². The van der Waals surface area contributed by atoms with E-state index in [2.05, 4.69) is 5.32 Å². The van der Waals surface area contributed by atoms with Gasteiger partial charge in [0.1, 0.15) is 0 Å². The molecule has 1 aromatic heterocycles. The minimum Gasteiger partial charge on any atom is -0.396 e. The average molecular weight is 413 g/mol. The summed E-state index contributed by atoms with van der Waals surface area (Å²) < 4.78 is 7.50. The molecule has 0 radical (unpaired) electrons. The second-order valence-corrected chi connectivity index (χ2v) is 8.25. The van der Waals surface area contributed by atoms with Gasteiger partial charge in [-0.1, -0.05) is 51.1 Å². The molecule has 162 valence electrons. The molecule has 1 aliphatic heterocycles. The number of aliphatic hydroxyl groups excluding tert-OH is 1. The smallest absolute Gasteiger partial charge is 0.253 e. The van der Waals surface area contributed by atoms with E-state index in [0.717, 1.165) is 17.7 Å². The molecule has 0 aliphatic carbocycles. The summed E-state index contributed by atoms with van der Waals surface area (Å²) in [6.07, 6.45) is 1.03. The number of aliphatic hydroxyl groups is 1. The van der Waals surface area contributed by atoms with Gasteiger partial charge < -0.3 is 19.7 Å².